The highest BCUT2D eigenvalue weighted by molar-refractivity contribution is 9.10. The van der Waals surface area contributed by atoms with Gasteiger partial charge in [-0.15, -0.1) is 0 Å². The summed E-state index contributed by atoms with van der Waals surface area (Å²) in [6, 6.07) is 1.27. The molecule has 0 saturated heterocycles. The van der Waals surface area contributed by atoms with E-state index in [0.717, 1.165) is 17.2 Å². The third-order valence-electron chi connectivity index (χ3n) is 2.87. The molecule has 114 valence electrons. The number of carbonyl (C=O) groups excluding carboxylic acids is 1. The Morgan fingerprint density at radius 1 is 1.48 bits per heavy atom. The summed E-state index contributed by atoms with van der Waals surface area (Å²) in [5, 5.41) is 7.86. The van der Waals surface area contributed by atoms with Crippen LogP contribution in [0.25, 0.3) is 0 Å². The summed E-state index contributed by atoms with van der Waals surface area (Å²) in [6.07, 6.45) is 2.90. The van der Waals surface area contributed by atoms with Gasteiger partial charge in [-0.1, -0.05) is 0 Å². The first-order valence-electron chi connectivity index (χ1n) is 6.23. The van der Waals surface area contributed by atoms with E-state index in [1.54, 1.807) is 11.7 Å². The Balaban J connectivity index is 2.09. The minimum Gasteiger partial charge on any atom is -0.334 e. The van der Waals surface area contributed by atoms with E-state index >= 15 is 0 Å². The van der Waals surface area contributed by atoms with Gasteiger partial charge in [-0.25, -0.2) is 4.68 Å². The van der Waals surface area contributed by atoms with E-state index in [-0.39, 0.29) is 12.2 Å². The molecule has 0 aromatic carbocycles. The fraction of sp³-hybridized carbons (Fsp3) is 0.417. The predicted octanol–water partition coefficient (Wildman–Crippen LogP) is 2.53. The summed E-state index contributed by atoms with van der Waals surface area (Å²) in [5.41, 5.74) is 0.671. The lowest BCUT2D eigenvalue weighted by Crippen LogP contribution is -2.27. The molecule has 0 saturated carbocycles. The number of amides is 1. The Hall–Kier alpha value is -1.77. The summed E-state index contributed by atoms with van der Waals surface area (Å²) in [7, 11) is 1.57. The number of carbonyl (C=O) groups is 1. The third kappa shape index (κ3) is 3.46. The second-order valence-electron chi connectivity index (χ2n) is 4.40. The van der Waals surface area contributed by atoms with Gasteiger partial charge in [0.15, 0.2) is 5.69 Å². The number of hydrogen-bond donors (Lipinski definition) is 0. The molecule has 21 heavy (non-hydrogen) atoms. The van der Waals surface area contributed by atoms with Gasteiger partial charge >= 0.3 is 6.55 Å². The van der Waals surface area contributed by atoms with Crippen LogP contribution < -0.4 is 0 Å². The van der Waals surface area contributed by atoms with Gasteiger partial charge in [-0.2, -0.15) is 19.0 Å². The third-order valence-corrected chi connectivity index (χ3v) is 3.53. The molecule has 0 aliphatic carbocycles. The zero-order valence-electron chi connectivity index (χ0n) is 11.5. The van der Waals surface area contributed by atoms with Crippen molar-refractivity contribution in [1.29, 1.82) is 0 Å². The van der Waals surface area contributed by atoms with Crippen molar-refractivity contribution < 1.29 is 13.6 Å². The van der Waals surface area contributed by atoms with Crippen LogP contribution in [-0.4, -0.2) is 37.4 Å². The molecular formula is C12H14BrF2N5O. The molecule has 0 atom stereocenters. The van der Waals surface area contributed by atoms with Crippen molar-refractivity contribution in [2.24, 2.45) is 0 Å². The molecule has 2 aromatic rings. The Morgan fingerprint density at radius 3 is 2.71 bits per heavy atom. The zero-order chi connectivity index (χ0) is 15.6. The maximum absolute atomic E-state index is 12.4. The lowest BCUT2D eigenvalue weighted by molar-refractivity contribution is 0.0553. The van der Waals surface area contributed by atoms with E-state index in [1.165, 1.54) is 11.0 Å². The van der Waals surface area contributed by atoms with Gasteiger partial charge in [0.1, 0.15) is 0 Å². The van der Waals surface area contributed by atoms with Gasteiger partial charge in [0.25, 0.3) is 5.91 Å². The SMILES string of the molecule is CCn1cc(Br)c(CN(C)C(=O)c2ccn(C(F)F)n2)n1. The Kier molecular flexibility index (Phi) is 4.71. The Bertz CT molecular complexity index is 639. The van der Waals surface area contributed by atoms with Crippen molar-refractivity contribution in [3.8, 4) is 0 Å². The van der Waals surface area contributed by atoms with Crippen molar-refractivity contribution >= 4 is 21.8 Å². The number of hydrogen-bond acceptors (Lipinski definition) is 3. The molecule has 2 rings (SSSR count). The first-order chi connectivity index (χ1) is 9.92. The maximum Gasteiger partial charge on any atom is 0.333 e. The summed E-state index contributed by atoms with van der Waals surface area (Å²) >= 11 is 3.37. The lowest BCUT2D eigenvalue weighted by Gasteiger charge is -2.14. The van der Waals surface area contributed by atoms with Crippen LogP contribution in [0.4, 0.5) is 8.78 Å². The van der Waals surface area contributed by atoms with Crippen LogP contribution in [0.1, 0.15) is 29.7 Å². The second kappa shape index (κ2) is 6.33. The van der Waals surface area contributed by atoms with Crippen molar-refractivity contribution in [3.63, 3.8) is 0 Å². The molecule has 0 bridgehead atoms. The smallest absolute Gasteiger partial charge is 0.333 e. The van der Waals surface area contributed by atoms with Crippen molar-refractivity contribution in [2.45, 2.75) is 26.6 Å². The predicted molar refractivity (Wildman–Crippen MR) is 74.9 cm³/mol. The highest BCUT2D eigenvalue weighted by atomic mass is 79.9. The van der Waals surface area contributed by atoms with E-state index in [2.05, 4.69) is 26.1 Å². The minimum absolute atomic E-state index is 0.0242. The second-order valence-corrected chi connectivity index (χ2v) is 5.25. The first-order valence-corrected chi connectivity index (χ1v) is 7.02. The van der Waals surface area contributed by atoms with Gasteiger partial charge in [0.2, 0.25) is 0 Å². The van der Waals surface area contributed by atoms with Gasteiger partial charge in [0.05, 0.1) is 16.7 Å². The van der Waals surface area contributed by atoms with Crippen LogP contribution in [0.2, 0.25) is 0 Å². The van der Waals surface area contributed by atoms with E-state index < -0.39 is 12.5 Å². The Morgan fingerprint density at radius 2 is 2.19 bits per heavy atom. The van der Waals surface area contributed by atoms with E-state index in [0.29, 0.717) is 10.4 Å². The fourth-order valence-electron chi connectivity index (χ4n) is 1.76. The number of aryl methyl sites for hydroxylation is 1. The summed E-state index contributed by atoms with van der Waals surface area (Å²) < 4.78 is 27.9. The van der Waals surface area contributed by atoms with Gasteiger partial charge in [-0.3, -0.25) is 9.48 Å². The highest BCUT2D eigenvalue weighted by Crippen LogP contribution is 2.17. The highest BCUT2D eigenvalue weighted by Gasteiger charge is 2.19. The van der Waals surface area contributed by atoms with Crippen LogP contribution in [0.3, 0.4) is 0 Å². The van der Waals surface area contributed by atoms with Gasteiger partial charge in [0, 0.05) is 26.0 Å². The van der Waals surface area contributed by atoms with E-state index in [4.69, 9.17) is 0 Å². The zero-order valence-corrected chi connectivity index (χ0v) is 13.1. The molecule has 0 fully saturated rings. The molecule has 0 aliphatic heterocycles. The largest absolute Gasteiger partial charge is 0.334 e. The lowest BCUT2D eigenvalue weighted by atomic mass is 10.3. The molecule has 0 N–H and O–H groups in total. The van der Waals surface area contributed by atoms with E-state index in [9.17, 15) is 13.6 Å². The number of nitrogens with zero attached hydrogens (tertiary/aromatic N) is 5. The molecular weight excluding hydrogens is 348 g/mol. The van der Waals surface area contributed by atoms with Crippen LogP contribution in [0.15, 0.2) is 22.9 Å². The van der Waals surface area contributed by atoms with E-state index in [1.807, 2.05) is 13.1 Å². The molecule has 0 spiro atoms. The molecule has 9 heteroatoms. The summed E-state index contributed by atoms with van der Waals surface area (Å²) in [4.78, 5) is 13.5. The number of alkyl halides is 2. The monoisotopic (exact) mass is 361 g/mol. The summed E-state index contributed by atoms with van der Waals surface area (Å²) in [6.45, 7) is 0.171. The normalized spacial score (nSPS) is 11.1. The number of halogens is 3. The van der Waals surface area contributed by atoms with Gasteiger partial charge < -0.3 is 4.90 Å². The molecule has 0 unspecified atom stereocenters. The molecule has 2 heterocycles. The standard InChI is InChI=1S/C12H14BrF2N5O/c1-3-19-6-8(13)10(16-19)7-18(2)11(21)9-4-5-20(17-9)12(14)15/h4-6,12H,3,7H2,1-2H3. The fourth-order valence-corrected chi connectivity index (χ4v) is 2.20. The molecule has 6 nitrogen and oxygen atoms in total. The summed E-state index contributed by atoms with van der Waals surface area (Å²) in [5.74, 6) is -0.438. The van der Waals surface area contributed by atoms with Crippen LogP contribution >= 0.6 is 15.9 Å². The van der Waals surface area contributed by atoms with Crippen LogP contribution in [0, 0.1) is 0 Å². The molecule has 2 aromatic heterocycles. The molecule has 0 aliphatic rings. The quantitative estimate of drug-likeness (QED) is 0.822. The van der Waals surface area contributed by atoms with Crippen molar-refractivity contribution in [2.75, 3.05) is 7.05 Å². The number of aromatic nitrogens is 4. The molecule has 0 radical (unpaired) electrons. The van der Waals surface area contributed by atoms with Gasteiger partial charge in [-0.05, 0) is 28.9 Å². The van der Waals surface area contributed by atoms with Crippen molar-refractivity contribution in [1.82, 2.24) is 24.5 Å². The average Bonchev–Trinajstić information content (AvgIpc) is 3.05. The first kappa shape index (κ1) is 15.6. The maximum atomic E-state index is 12.4. The van der Waals surface area contributed by atoms with Crippen molar-refractivity contribution in [3.05, 3.63) is 34.3 Å². The number of rotatable bonds is 5. The topological polar surface area (TPSA) is 56.0 Å². The minimum atomic E-state index is -2.76. The molecule has 1 amide bonds. The van der Waals surface area contributed by atoms with Crippen LogP contribution in [0.5, 0.6) is 0 Å². The Labute approximate surface area is 128 Å². The van der Waals surface area contributed by atoms with Crippen LogP contribution in [-0.2, 0) is 13.1 Å². The average molecular weight is 362 g/mol.